The Morgan fingerprint density at radius 3 is 2.54 bits per heavy atom. The molecule has 0 heterocycles. The number of alkyl halides is 1. The Labute approximate surface area is 95.4 Å². The van der Waals surface area contributed by atoms with Gasteiger partial charge in [0.05, 0.1) is 0 Å². The molecule has 0 radical (unpaired) electrons. The predicted molar refractivity (Wildman–Crippen MR) is 66.9 cm³/mol. The highest BCUT2D eigenvalue weighted by molar-refractivity contribution is 9.09. The van der Waals surface area contributed by atoms with Crippen LogP contribution in [0.15, 0.2) is 0 Å². The summed E-state index contributed by atoms with van der Waals surface area (Å²) in [6.45, 7) is 4.64. The summed E-state index contributed by atoms with van der Waals surface area (Å²) in [5.41, 5.74) is 0.679. The minimum atomic E-state index is 0.679. The van der Waals surface area contributed by atoms with Gasteiger partial charge in [-0.3, -0.25) is 0 Å². The van der Waals surface area contributed by atoms with Crippen LogP contribution in [0.2, 0.25) is 0 Å². The van der Waals surface area contributed by atoms with Crippen LogP contribution in [0.4, 0.5) is 0 Å². The number of hydrogen-bond acceptors (Lipinski definition) is 1. The van der Waals surface area contributed by atoms with Gasteiger partial charge in [-0.2, -0.15) is 11.8 Å². The van der Waals surface area contributed by atoms with Crippen molar-refractivity contribution in [1.29, 1.82) is 0 Å². The summed E-state index contributed by atoms with van der Waals surface area (Å²) in [4.78, 5) is 0. The van der Waals surface area contributed by atoms with Gasteiger partial charge in [0.25, 0.3) is 0 Å². The van der Waals surface area contributed by atoms with Crippen LogP contribution >= 0.6 is 27.7 Å². The SMILES string of the molecule is CCC(C)CSCC1(CBr)CCC1. The molecule has 2 heteroatoms. The van der Waals surface area contributed by atoms with Gasteiger partial charge in [0.2, 0.25) is 0 Å². The zero-order chi connectivity index (χ0) is 9.73. The van der Waals surface area contributed by atoms with Crippen molar-refractivity contribution in [1.82, 2.24) is 0 Å². The van der Waals surface area contributed by atoms with E-state index in [1.54, 1.807) is 0 Å². The zero-order valence-electron chi connectivity index (χ0n) is 8.81. The van der Waals surface area contributed by atoms with Crippen LogP contribution in [0.5, 0.6) is 0 Å². The van der Waals surface area contributed by atoms with E-state index in [9.17, 15) is 0 Å². The highest BCUT2D eigenvalue weighted by atomic mass is 79.9. The van der Waals surface area contributed by atoms with Gasteiger partial charge >= 0.3 is 0 Å². The molecule has 0 aromatic rings. The van der Waals surface area contributed by atoms with Gasteiger partial charge in [0.1, 0.15) is 0 Å². The number of hydrogen-bond donors (Lipinski definition) is 0. The molecular formula is C11H21BrS. The van der Waals surface area contributed by atoms with E-state index in [0.717, 1.165) is 5.92 Å². The molecule has 0 aromatic heterocycles. The topological polar surface area (TPSA) is 0 Å². The van der Waals surface area contributed by atoms with Crippen molar-refractivity contribution in [3.05, 3.63) is 0 Å². The first-order valence-corrected chi connectivity index (χ1v) is 7.64. The van der Waals surface area contributed by atoms with E-state index in [4.69, 9.17) is 0 Å². The quantitative estimate of drug-likeness (QED) is 0.644. The molecule has 1 fully saturated rings. The third kappa shape index (κ3) is 3.47. The molecule has 1 aliphatic rings. The Morgan fingerprint density at radius 1 is 1.46 bits per heavy atom. The monoisotopic (exact) mass is 264 g/mol. The van der Waals surface area contributed by atoms with E-state index >= 15 is 0 Å². The van der Waals surface area contributed by atoms with Crippen LogP contribution in [0.1, 0.15) is 39.5 Å². The zero-order valence-corrected chi connectivity index (χ0v) is 11.2. The van der Waals surface area contributed by atoms with Crippen molar-refractivity contribution in [2.24, 2.45) is 11.3 Å². The lowest BCUT2D eigenvalue weighted by Crippen LogP contribution is -2.33. The molecule has 0 spiro atoms. The van der Waals surface area contributed by atoms with Gasteiger partial charge in [-0.1, -0.05) is 42.6 Å². The third-order valence-corrected chi connectivity index (χ3v) is 6.02. The number of thioether (sulfide) groups is 1. The molecule has 13 heavy (non-hydrogen) atoms. The molecule has 0 aromatic carbocycles. The fourth-order valence-electron chi connectivity index (χ4n) is 1.59. The van der Waals surface area contributed by atoms with Gasteiger partial charge in [0, 0.05) is 5.33 Å². The Kier molecular flexibility index (Phi) is 5.17. The van der Waals surface area contributed by atoms with E-state index in [1.165, 1.54) is 42.5 Å². The minimum Gasteiger partial charge on any atom is -0.161 e. The molecule has 1 aliphatic carbocycles. The van der Waals surface area contributed by atoms with Crippen molar-refractivity contribution in [3.63, 3.8) is 0 Å². The largest absolute Gasteiger partial charge is 0.161 e. The van der Waals surface area contributed by atoms with Crippen LogP contribution in [-0.4, -0.2) is 16.8 Å². The molecule has 0 saturated heterocycles. The lowest BCUT2D eigenvalue weighted by atomic mass is 9.72. The standard InChI is InChI=1S/C11H21BrS/c1-3-10(2)7-13-9-11(8-12)5-4-6-11/h10H,3-9H2,1-2H3. The second-order valence-corrected chi connectivity index (χ2v) is 6.11. The normalized spacial score (nSPS) is 22.4. The lowest BCUT2D eigenvalue weighted by Gasteiger charge is -2.40. The minimum absolute atomic E-state index is 0.679. The highest BCUT2D eigenvalue weighted by Gasteiger charge is 2.35. The van der Waals surface area contributed by atoms with Gasteiger partial charge in [0.15, 0.2) is 0 Å². The van der Waals surface area contributed by atoms with Crippen LogP contribution in [0.25, 0.3) is 0 Å². The Balaban J connectivity index is 2.10. The molecule has 0 nitrogen and oxygen atoms in total. The fourth-order valence-corrected chi connectivity index (χ4v) is 4.19. The van der Waals surface area contributed by atoms with Gasteiger partial charge in [-0.05, 0) is 35.7 Å². The van der Waals surface area contributed by atoms with Crippen molar-refractivity contribution < 1.29 is 0 Å². The second-order valence-electron chi connectivity index (χ2n) is 4.52. The van der Waals surface area contributed by atoms with Crippen molar-refractivity contribution >= 4 is 27.7 Å². The highest BCUT2D eigenvalue weighted by Crippen LogP contribution is 2.44. The van der Waals surface area contributed by atoms with E-state index < -0.39 is 0 Å². The second kappa shape index (κ2) is 5.65. The van der Waals surface area contributed by atoms with Crippen molar-refractivity contribution in [2.75, 3.05) is 16.8 Å². The molecule has 0 aliphatic heterocycles. The molecule has 1 unspecified atom stereocenters. The molecule has 0 amide bonds. The van der Waals surface area contributed by atoms with Crippen molar-refractivity contribution in [3.8, 4) is 0 Å². The summed E-state index contributed by atoms with van der Waals surface area (Å²) >= 11 is 5.82. The summed E-state index contributed by atoms with van der Waals surface area (Å²) in [7, 11) is 0. The molecular weight excluding hydrogens is 244 g/mol. The fraction of sp³-hybridized carbons (Fsp3) is 1.00. The Morgan fingerprint density at radius 2 is 2.15 bits per heavy atom. The molecule has 0 N–H and O–H groups in total. The summed E-state index contributed by atoms with van der Waals surface area (Å²) < 4.78 is 0. The van der Waals surface area contributed by atoms with Gasteiger partial charge < -0.3 is 0 Å². The predicted octanol–water partition coefficient (Wildman–Crippen LogP) is 4.33. The van der Waals surface area contributed by atoms with E-state index in [1.807, 2.05) is 0 Å². The summed E-state index contributed by atoms with van der Waals surface area (Å²) in [6.07, 6.45) is 5.68. The van der Waals surface area contributed by atoms with Gasteiger partial charge in [-0.15, -0.1) is 0 Å². The first kappa shape index (κ1) is 11.9. The molecule has 78 valence electrons. The summed E-state index contributed by atoms with van der Waals surface area (Å²) in [5, 5.41) is 1.22. The summed E-state index contributed by atoms with van der Waals surface area (Å²) in [5.74, 6) is 3.63. The van der Waals surface area contributed by atoms with Crippen LogP contribution in [0.3, 0.4) is 0 Å². The third-order valence-electron chi connectivity index (χ3n) is 3.21. The number of rotatable bonds is 6. The van der Waals surface area contributed by atoms with Crippen LogP contribution in [0, 0.1) is 11.3 Å². The first-order chi connectivity index (χ1) is 6.22. The van der Waals surface area contributed by atoms with Gasteiger partial charge in [-0.25, -0.2) is 0 Å². The smallest absolute Gasteiger partial charge is 0.00958 e. The Bertz CT molecular complexity index is 138. The summed E-state index contributed by atoms with van der Waals surface area (Å²) in [6, 6.07) is 0. The Hall–Kier alpha value is 0.830. The molecule has 1 saturated carbocycles. The average Bonchev–Trinajstić information content (AvgIpc) is 2.09. The van der Waals surface area contributed by atoms with Crippen LogP contribution < -0.4 is 0 Å². The van der Waals surface area contributed by atoms with Crippen molar-refractivity contribution in [2.45, 2.75) is 39.5 Å². The van der Waals surface area contributed by atoms with E-state index in [-0.39, 0.29) is 0 Å². The average molecular weight is 265 g/mol. The van der Waals surface area contributed by atoms with E-state index in [0.29, 0.717) is 5.41 Å². The molecule has 1 atom stereocenters. The maximum Gasteiger partial charge on any atom is 0.00958 e. The van der Waals surface area contributed by atoms with Crippen LogP contribution in [-0.2, 0) is 0 Å². The number of halogens is 1. The molecule has 0 bridgehead atoms. The first-order valence-electron chi connectivity index (χ1n) is 5.36. The maximum absolute atomic E-state index is 3.65. The molecule has 1 rings (SSSR count). The van der Waals surface area contributed by atoms with E-state index in [2.05, 4.69) is 41.5 Å². The maximum atomic E-state index is 3.65. The lowest BCUT2D eigenvalue weighted by molar-refractivity contribution is 0.206.